The summed E-state index contributed by atoms with van der Waals surface area (Å²) in [5.74, 6) is -3.65. The molecule has 8 nitrogen and oxygen atoms in total. The third-order valence-electron chi connectivity index (χ3n) is 7.01. The van der Waals surface area contributed by atoms with Crippen molar-refractivity contribution in [2.75, 3.05) is 19.7 Å². The highest BCUT2D eigenvalue weighted by atomic mass is 16.5. The van der Waals surface area contributed by atoms with Crippen molar-refractivity contribution in [3.63, 3.8) is 0 Å². The third-order valence-corrected chi connectivity index (χ3v) is 7.01. The molecule has 3 aliphatic rings. The lowest BCUT2D eigenvalue weighted by molar-refractivity contribution is -0.154. The van der Waals surface area contributed by atoms with Crippen LogP contribution in [0.5, 0.6) is 0 Å². The number of unbranched alkanes of at least 4 members (excludes halogenated alkanes) is 1. The summed E-state index contributed by atoms with van der Waals surface area (Å²) in [6, 6.07) is -1.51. The molecule has 0 aliphatic carbocycles. The molecular formula is C22H34N2O6. The normalized spacial score (nSPS) is 33.1. The summed E-state index contributed by atoms with van der Waals surface area (Å²) >= 11 is 0. The Morgan fingerprint density at radius 1 is 1.43 bits per heavy atom. The number of hydrogen-bond acceptors (Lipinski definition) is 5. The van der Waals surface area contributed by atoms with Gasteiger partial charge in [-0.05, 0) is 25.2 Å². The maximum Gasteiger partial charge on any atom is 0.310 e. The van der Waals surface area contributed by atoms with Gasteiger partial charge in [-0.3, -0.25) is 14.4 Å². The summed E-state index contributed by atoms with van der Waals surface area (Å²) in [5.41, 5.74) is -1.14. The maximum absolute atomic E-state index is 13.8. The molecule has 2 bridgehead atoms. The number of carboxylic acids is 1. The van der Waals surface area contributed by atoms with E-state index in [1.54, 1.807) is 11.0 Å². The summed E-state index contributed by atoms with van der Waals surface area (Å²) in [4.78, 5) is 42.5. The number of fused-ring (bicyclic) bond motifs is 1. The van der Waals surface area contributed by atoms with Gasteiger partial charge in [0.2, 0.25) is 11.8 Å². The van der Waals surface area contributed by atoms with Gasteiger partial charge in [0, 0.05) is 13.1 Å². The Labute approximate surface area is 177 Å². The maximum atomic E-state index is 13.8. The summed E-state index contributed by atoms with van der Waals surface area (Å²) in [6.45, 7) is 10.1. The fourth-order valence-electron chi connectivity index (χ4n) is 5.60. The molecule has 2 N–H and O–H groups in total. The Bertz CT molecular complexity index is 710. The monoisotopic (exact) mass is 422 g/mol. The van der Waals surface area contributed by atoms with E-state index in [9.17, 15) is 24.6 Å². The van der Waals surface area contributed by atoms with Crippen LogP contribution in [0.2, 0.25) is 0 Å². The molecule has 168 valence electrons. The Morgan fingerprint density at radius 3 is 2.67 bits per heavy atom. The molecule has 8 heteroatoms. The van der Waals surface area contributed by atoms with Gasteiger partial charge in [0.15, 0.2) is 0 Å². The predicted molar refractivity (Wildman–Crippen MR) is 109 cm³/mol. The van der Waals surface area contributed by atoms with Gasteiger partial charge in [-0.15, -0.1) is 6.58 Å². The van der Waals surface area contributed by atoms with Gasteiger partial charge in [0.05, 0.1) is 30.6 Å². The second-order valence-electron chi connectivity index (χ2n) is 9.06. The first-order valence-electron chi connectivity index (χ1n) is 11.0. The average Bonchev–Trinajstić information content (AvgIpc) is 3.33. The molecule has 0 aromatic heterocycles. The predicted octanol–water partition coefficient (Wildman–Crippen LogP) is 1.28. The molecule has 2 amide bonds. The average molecular weight is 423 g/mol. The number of aliphatic hydroxyl groups is 1. The zero-order chi connectivity index (χ0) is 22.2. The topological polar surface area (TPSA) is 107 Å². The van der Waals surface area contributed by atoms with E-state index < -0.39 is 41.6 Å². The van der Waals surface area contributed by atoms with E-state index in [-0.39, 0.29) is 24.3 Å². The molecule has 3 fully saturated rings. The zero-order valence-corrected chi connectivity index (χ0v) is 18.1. The highest BCUT2D eigenvalue weighted by molar-refractivity contribution is 5.98. The summed E-state index contributed by atoms with van der Waals surface area (Å²) in [5, 5.41) is 19.9. The molecule has 1 spiro atoms. The number of ether oxygens (including phenoxy) is 1. The van der Waals surface area contributed by atoms with E-state index in [4.69, 9.17) is 4.74 Å². The fourth-order valence-corrected chi connectivity index (χ4v) is 5.60. The van der Waals surface area contributed by atoms with Gasteiger partial charge in [0.1, 0.15) is 11.6 Å². The minimum absolute atomic E-state index is 0.103. The van der Waals surface area contributed by atoms with E-state index in [2.05, 4.69) is 6.58 Å². The van der Waals surface area contributed by atoms with Crippen molar-refractivity contribution in [1.82, 2.24) is 9.80 Å². The van der Waals surface area contributed by atoms with Crippen LogP contribution in [0.4, 0.5) is 0 Å². The summed E-state index contributed by atoms with van der Waals surface area (Å²) in [6.07, 6.45) is 3.81. The van der Waals surface area contributed by atoms with Crippen LogP contribution >= 0.6 is 0 Å². The number of amides is 2. The number of carbonyl (C=O) groups is 3. The van der Waals surface area contributed by atoms with Gasteiger partial charge in [0.25, 0.3) is 0 Å². The molecule has 30 heavy (non-hydrogen) atoms. The summed E-state index contributed by atoms with van der Waals surface area (Å²) < 4.78 is 6.20. The molecule has 0 saturated carbocycles. The first-order chi connectivity index (χ1) is 14.2. The molecule has 3 heterocycles. The number of aliphatic carboxylic acids is 1. The van der Waals surface area contributed by atoms with Gasteiger partial charge in [-0.2, -0.15) is 0 Å². The minimum atomic E-state index is -1.14. The molecule has 0 unspecified atom stereocenters. The van der Waals surface area contributed by atoms with Crippen LogP contribution in [-0.2, 0) is 19.1 Å². The second-order valence-corrected chi connectivity index (χ2v) is 9.06. The van der Waals surface area contributed by atoms with Gasteiger partial charge in [-0.25, -0.2) is 0 Å². The lowest BCUT2D eigenvalue weighted by Gasteiger charge is -2.40. The van der Waals surface area contributed by atoms with Crippen LogP contribution in [-0.4, -0.2) is 81.3 Å². The van der Waals surface area contributed by atoms with Crippen LogP contribution in [0.25, 0.3) is 0 Å². The Hall–Kier alpha value is -1.93. The highest BCUT2D eigenvalue weighted by Crippen LogP contribution is 2.59. The molecular weight excluding hydrogens is 388 g/mol. The van der Waals surface area contributed by atoms with Crippen molar-refractivity contribution in [3.05, 3.63) is 12.7 Å². The van der Waals surface area contributed by atoms with Crippen LogP contribution < -0.4 is 0 Å². The lowest BCUT2D eigenvalue weighted by atomic mass is 9.70. The number of nitrogens with zero attached hydrogens (tertiary/aromatic N) is 2. The number of aliphatic hydroxyl groups excluding tert-OH is 1. The van der Waals surface area contributed by atoms with Crippen molar-refractivity contribution in [3.8, 4) is 0 Å². The Morgan fingerprint density at radius 2 is 2.13 bits per heavy atom. The van der Waals surface area contributed by atoms with Crippen molar-refractivity contribution in [1.29, 1.82) is 0 Å². The zero-order valence-electron chi connectivity index (χ0n) is 18.1. The molecule has 6 atom stereocenters. The number of rotatable bonds is 10. The quantitative estimate of drug-likeness (QED) is 0.514. The van der Waals surface area contributed by atoms with Gasteiger partial charge in [-0.1, -0.05) is 33.3 Å². The molecule has 0 aromatic carbocycles. The fraction of sp³-hybridized carbons (Fsp3) is 0.773. The minimum Gasteiger partial charge on any atom is -0.481 e. The molecule has 3 rings (SSSR count). The SMILES string of the molecule is C=CCN(CCCC)C(=O)[C@H]1N([C@@H](CO)C(C)C)C(=O)[C@@H]2[C@@H](C(=O)O)[C@H]3CC[C@]21O3. The molecule has 0 radical (unpaired) electrons. The first kappa shape index (κ1) is 22.7. The Kier molecular flexibility index (Phi) is 6.57. The molecule has 3 saturated heterocycles. The van der Waals surface area contributed by atoms with Crippen LogP contribution in [0.15, 0.2) is 12.7 Å². The summed E-state index contributed by atoms with van der Waals surface area (Å²) in [7, 11) is 0. The largest absolute Gasteiger partial charge is 0.481 e. The van der Waals surface area contributed by atoms with Gasteiger partial charge >= 0.3 is 5.97 Å². The van der Waals surface area contributed by atoms with Crippen LogP contribution in [0.3, 0.4) is 0 Å². The van der Waals surface area contributed by atoms with Crippen molar-refractivity contribution >= 4 is 17.8 Å². The van der Waals surface area contributed by atoms with Gasteiger partial charge < -0.3 is 24.7 Å². The standard InChI is InChI=1S/C22H34N2O6/c1-5-7-11-23(10-6-2)20(27)18-22-9-8-15(30-22)16(21(28)29)17(22)19(26)24(18)14(12-25)13(3)4/h6,13-18,25H,2,5,7-12H2,1,3-4H3,(H,28,29)/t14-,15+,16-,17-,18+,22-/m0/s1. The number of carbonyl (C=O) groups excluding carboxylic acids is 2. The second kappa shape index (κ2) is 8.67. The van der Waals surface area contributed by atoms with Crippen LogP contribution in [0.1, 0.15) is 46.5 Å². The van der Waals surface area contributed by atoms with E-state index >= 15 is 0 Å². The van der Waals surface area contributed by atoms with Crippen LogP contribution in [0, 0.1) is 17.8 Å². The number of hydrogen-bond donors (Lipinski definition) is 2. The Balaban J connectivity index is 2.08. The van der Waals surface area contributed by atoms with E-state index in [0.717, 1.165) is 12.8 Å². The van der Waals surface area contributed by atoms with E-state index in [1.807, 2.05) is 20.8 Å². The number of carboxylic acid groups (broad SMARTS) is 1. The first-order valence-corrected chi connectivity index (χ1v) is 11.0. The van der Waals surface area contributed by atoms with Crippen molar-refractivity contribution < 1.29 is 29.3 Å². The van der Waals surface area contributed by atoms with Crippen molar-refractivity contribution in [2.24, 2.45) is 17.8 Å². The van der Waals surface area contributed by atoms with E-state index in [0.29, 0.717) is 25.9 Å². The lowest BCUT2D eigenvalue weighted by Crippen LogP contribution is -2.59. The smallest absolute Gasteiger partial charge is 0.310 e. The third kappa shape index (κ3) is 3.34. The highest BCUT2D eigenvalue weighted by Gasteiger charge is 2.75. The number of likely N-dealkylation sites (tertiary alicyclic amines) is 1. The molecule has 3 aliphatic heterocycles. The van der Waals surface area contributed by atoms with E-state index in [1.165, 1.54) is 4.90 Å². The molecule has 0 aromatic rings. The van der Waals surface area contributed by atoms with Crippen molar-refractivity contribution in [2.45, 2.75) is 70.2 Å².